The molecule has 212 valence electrons. The highest BCUT2D eigenvalue weighted by atomic mass is 35.5. The summed E-state index contributed by atoms with van der Waals surface area (Å²) < 4.78 is 14.0. The van der Waals surface area contributed by atoms with Crippen molar-refractivity contribution in [1.29, 1.82) is 0 Å². The number of hydrogen-bond acceptors (Lipinski definition) is 6. The first-order valence-electron chi connectivity index (χ1n) is 13.3. The summed E-state index contributed by atoms with van der Waals surface area (Å²) in [6.45, 7) is 1.42. The molecule has 0 spiro atoms. The monoisotopic (exact) mass is 580 g/mol. The number of carboxylic acids is 1. The predicted molar refractivity (Wildman–Crippen MR) is 143 cm³/mol. The second-order valence-electron chi connectivity index (χ2n) is 11.3. The van der Waals surface area contributed by atoms with Crippen LogP contribution in [0.25, 0.3) is 0 Å². The van der Waals surface area contributed by atoms with Crippen molar-refractivity contribution in [2.24, 2.45) is 29.1 Å². The van der Waals surface area contributed by atoms with Crippen molar-refractivity contribution in [1.82, 2.24) is 4.90 Å². The Hall–Kier alpha value is -4.05. The first-order valence-corrected chi connectivity index (χ1v) is 13.7. The van der Waals surface area contributed by atoms with Crippen LogP contribution in [0.4, 0.5) is 10.1 Å². The Morgan fingerprint density at radius 2 is 1.80 bits per heavy atom. The molecule has 1 saturated carbocycles. The topological polar surface area (TPSA) is 132 Å². The molecule has 4 aliphatic rings. The van der Waals surface area contributed by atoms with E-state index in [-0.39, 0.29) is 42.3 Å². The third kappa shape index (κ3) is 3.83. The molecule has 3 fully saturated rings. The molecule has 0 bridgehead atoms. The average molecular weight is 581 g/mol. The third-order valence-electron chi connectivity index (χ3n) is 9.32. The number of fused-ring (bicyclic) bond motifs is 4. The fraction of sp³-hybridized carbons (Fsp3) is 0.367. The van der Waals surface area contributed by atoms with Gasteiger partial charge in [-0.15, -0.1) is 0 Å². The number of halogens is 2. The number of aromatic hydroxyl groups is 1. The Bertz CT molecular complexity index is 1570. The van der Waals surface area contributed by atoms with Crippen molar-refractivity contribution in [2.45, 2.75) is 32.1 Å². The number of carbonyl (C=O) groups excluding carboxylic acids is 4. The number of imide groups is 2. The summed E-state index contributed by atoms with van der Waals surface area (Å²) in [6.07, 6.45) is 1.75. The quantitative estimate of drug-likeness (QED) is 0.405. The van der Waals surface area contributed by atoms with Crippen LogP contribution < -0.4 is 4.90 Å². The maximum Gasteiger partial charge on any atom is 0.305 e. The lowest BCUT2D eigenvalue weighted by Crippen LogP contribution is -2.48. The molecule has 6 rings (SSSR count). The van der Waals surface area contributed by atoms with Crippen molar-refractivity contribution >= 4 is 46.9 Å². The lowest BCUT2D eigenvalue weighted by molar-refractivity contribution is -0.142. The van der Waals surface area contributed by atoms with Gasteiger partial charge in [0.2, 0.25) is 23.6 Å². The summed E-state index contributed by atoms with van der Waals surface area (Å²) in [5, 5.41) is 19.8. The van der Waals surface area contributed by atoms with Gasteiger partial charge in [0.05, 0.1) is 40.3 Å². The molecule has 2 aromatic carbocycles. The minimum atomic E-state index is -1.37. The number of anilines is 1. The number of phenolic OH excluding ortho intramolecular Hbond substituents is 1. The zero-order valence-electron chi connectivity index (χ0n) is 21.9. The van der Waals surface area contributed by atoms with Crippen LogP contribution in [0.1, 0.15) is 37.7 Å². The molecule has 2 saturated heterocycles. The summed E-state index contributed by atoms with van der Waals surface area (Å²) in [7, 11) is 0. The smallest absolute Gasteiger partial charge is 0.305 e. The van der Waals surface area contributed by atoms with Crippen molar-refractivity contribution in [3.63, 3.8) is 0 Å². The summed E-state index contributed by atoms with van der Waals surface area (Å²) in [6, 6.07) is 10.1. The average Bonchev–Trinajstić information content (AvgIpc) is 3.29. The van der Waals surface area contributed by atoms with Gasteiger partial charge in [-0.1, -0.05) is 41.4 Å². The normalized spacial score (nSPS) is 30.7. The number of aliphatic carboxylic acids is 1. The van der Waals surface area contributed by atoms with Gasteiger partial charge in [0, 0.05) is 18.0 Å². The van der Waals surface area contributed by atoms with E-state index in [1.807, 2.05) is 6.08 Å². The van der Waals surface area contributed by atoms with E-state index in [0.717, 1.165) is 15.9 Å². The molecule has 4 amide bonds. The fourth-order valence-corrected chi connectivity index (χ4v) is 7.63. The van der Waals surface area contributed by atoms with Gasteiger partial charge in [0.25, 0.3) is 0 Å². The number of benzene rings is 2. The molecule has 0 aromatic heterocycles. The molecular weight excluding hydrogens is 555 g/mol. The number of phenols is 1. The van der Waals surface area contributed by atoms with E-state index in [1.165, 1.54) is 18.2 Å². The first kappa shape index (κ1) is 27.1. The van der Waals surface area contributed by atoms with Gasteiger partial charge in [0.15, 0.2) is 0 Å². The van der Waals surface area contributed by atoms with Crippen LogP contribution in [-0.4, -0.2) is 51.3 Å². The lowest BCUT2D eigenvalue weighted by atomic mass is 9.51. The minimum absolute atomic E-state index is 0.0819. The second kappa shape index (κ2) is 9.51. The first-order chi connectivity index (χ1) is 19.5. The van der Waals surface area contributed by atoms with Gasteiger partial charge in [-0.3, -0.25) is 28.9 Å². The van der Waals surface area contributed by atoms with Crippen molar-refractivity contribution in [3.05, 3.63) is 70.5 Å². The van der Waals surface area contributed by atoms with Gasteiger partial charge in [-0.05, 0) is 49.9 Å². The number of allylic oxidation sites excluding steroid dienone is 2. The van der Waals surface area contributed by atoms with E-state index < -0.39 is 70.4 Å². The number of rotatable bonds is 5. The number of likely N-dealkylation sites (tertiary alicyclic amines) is 1. The van der Waals surface area contributed by atoms with Crippen LogP contribution in [0, 0.1) is 34.9 Å². The summed E-state index contributed by atoms with van der Waals surface area (Å²) in [5.74, 6) is -7.81. The van der Waals surface area contributed by atoms with E-state index in [9.17, 15) is 33.5 Å². The van der Waals surface area contributed by atoms with E-state index in [4.69, 9.17) is 16.7 Å². The number of nitrogens with zero attached hydrogens (tertiary/aromatic N) is 2. The Labute approximate surface area is 239 Å². The maximum absolute atomic E-state index is 14.3. The molecule has 9 nitrogen and oxygen atoms in total. The molecule has 6 atom stereocenters. The number of hydrogen-bond donors (Lipinski definition) is 2. The van der Waals surface area contributed by atoms with Crippen molar-refractivity contribution in [2.75, 3.05) is 11.4 Å². The van der Waals surface area contributed by atoms with Gasteiger partial charge in [-0.25, -0.2) is 9.29 Å². The highest BCUT2D eigenvalue weighted by Gasteiger charge is 2.67. The second-order valence-corrected chi connectivity index (χ2v) is 11.7. The molecular formula is C30H26ClFN2O7. The summed E-state index contributed by atoms with van der Waals surface area (Å²) in [5.41, 5.74) is -0.164. The van der Waals surface area contributed by atoms with Gasteiger partial charge in [-0.2, -0.15) is 0 Å². The number of para-hydroxylation sites is 1. The molecule has 2 aromatic rings. The predicted octanol–water partition coefficient (Wildman–Crippen LogP) is 3.89. The fourth-order valence-electron chi connectivity index (χ4n) is 7.45. The van der Waals surface area contributed by atoms with Crippen LogP contribution in [-0.2, 0) is 24.0 Å². The van der Waals surface area contributed by atoms with E-state index >= 15 is 0 Å². The SMILES string of the molecule is CC12C(=O)N(c3ccc(F)c(Cl)c3)C(=O)C1CC1C(=CCC3C(=O)N(CCC(=O)O)C(=O)C31)C2c1ccccc1O. The molecule has 2 aliphatic carbocycles. The number of carboxylic acid groups (broad SMARTS) is 1. The summed E-state index contributed by atoms with van der Waals surface area (Å²) in [4.78, 5) is 68.3. The van der Waals surface area contributed by atoms with Gasteiger partial charge in [0.1, 0.15) is 11.6 Å². The Morgan fingerprint density at radius 1 is 1.07 bits per heavy atom. The molecule has 2 aliphatic heterocycles. The van der Waals surface area contributed by atoms with Gasteiger partial charge < -0.3 is 10.2 Å². The standard InChI is InChI=1S/C30H26ClFN2O7/c1-30-19(27(39)34(29(30)41)14-6-9-21(32)20(31)12-14)13-18-15(25(30)16-4-2-3-5-22(16)35)7-8-17-24(18)28(40)33(26(17)38)11-10-23(36)37/h2-7,9,12,17-19,24-25,35H,8,10-11,13H2,1H3,(H,36,37). The largest absolute Gasteiger partial charge is 0.508 e. The molecule has 0 radical (unpaired) electrons. The lowest BCUT2D eigenvalue weighted by Gasteiger charge is -2.49. The van der Waals surface area contributed by atoms with E-state index in [0.29, 0.717) is 11.1 Å². The molecule has 6 unspecified atom stereocenters. The maximum atomic E-state index is 14.3. The minimum Gasteiger partial charge on any atom is -0.508 e. The highest BCUT2D eigenvalue weighted by Crippen LogP contribution is 2.64. The van der Waals surface area contributed by atoms with Crippen LogP contribution in [0.5, 0.6) is 5.75 Å². The van der Waals surface area contributed by atoms with Crippen LogP contribution in [0.2, 0.25) is 5.02 Å². The number of carbonyl (C=O) groups is 5. The molecule has 2 heterocycles. The Balaban J connectivity index is 1.48. The molecule has 11 heteroatoms. The third-order valence-corrected chi connectivity index (χ3v) is 9.61. The van der Waals surface area contributed by atoms with E-state index in [1.54, 1.807) is 25.1 Å². The molecule has 41 heavy (non-hydrogen) atoms. The van der Waals surface area contributed by atoms with Crippen LogP contribution in [0.15, 0.2) is 54.1 Å². The van der Waals surface area contributed by atoms with Crippen LogP contribution in [0.3, 0.4) is 0 Å². The highest BCUT2D eigenvalue weighted by molar-refractivity contribution is 6.31. The molecule has 2 N–H and O–H groups in total. The zero-order chi connectivity index (χ0) is 29.4. The van der Waals surface area contributed by atoms with Crippen molar-refractivity contribution < 1.29 is 38.6 Å². The van der Waals surface area contributed by atoms with E-state index in [2.05, 4.69) is 0 Å². The van der Waals surface area contributed by atoms with Crippen molar-refractivity contribution in [3.8, 4) is 5.75 Å². The number of amides is 4. The zero-order valence-corrected chi connectivity index (χ0v) is 22.7. The van der Waals surface area contributed by atoms with Gasteiger partial charge >= 0.3 is 5.97 Å². The summed E-state index contributed by atoms with van der Waals surface area (Å²) >= 11 is 5.99. The Morgan fingerprint density at radius 3 is 2.49 bits per heavy atom. The Kier molecular flexibility index (Phi) is 6.29. The van der Waals surface area contributed by atoms with Crippen LogP contribution >= 0.6 is 11.6 Å².